The first-order chi connectivity index (χ1) is 19.1. The maximum Gasteiger partial charge on any atom is 0.140 e. The average Bonchev–Trinajstić information content (AvgIpc) is 3.32. The first-order valence-electron chi connectivity index (χ1n) is 12.7. The van der Waals surface area contributed by atoms with Crippen LogP contribution >= 0.6 is 31.9 Å². The summed E-state index contributed by atoms with van der Waals surface area (Å²) in [6, 6.07) is 46.3. The monoisotopic (exact) mass is 633 g/mol. The quantitative estimate of drug-likeness (QED) is 0.182. The third kappa shape index (κ3) is 5.20. The van der Waals surface area contributed by atoms with E-state index in [4.69, 9.17) is 4.98 Å². The number of hydrogen-bond acceptors (Lipinski definition) is 2. The van der Waals surface area contributed by atoms with Gasteiger partial charge in [-0.2, -0.15) is 0 Å². The zero-order chi connectivity index (χ0) is 26.8. The Morgan fingerprint density at radius 3 is 1.46 bits per heavy atom. The highest BCUT2D eigenvalue weighted by Crippen LogP contribution is 2.38. The minimum absolute atomic E-state index is 0.920. The van der Waals surface area contributed by atoms with Gasteiger partial charge in [-0.1, -0.05) is 92.5 Å². The molecule has 6 aromatic rings. The van der Waals surface area contributed by atoms with Crippen molar-refractivity contribution in [2.45, 2.75) is 0 Å². The Bertz CT molecular complexity index is 1650. The molecule has 0 unspecified atom stereocenters. The zero-order valence-corrected chi connectivity index (χ0v) is 24.5. The number of imidazole rings is 1. The van der Waals surface area contributed by atoms with Gasteiger partial charge in [0.1, 0.15) is 5.82 Å². The third-order valence-electron chi connectivity index (χ3n) is 6.74. The van der Waals surface area contributed by atoms with Crippen molar-refractivity contribution in [1.29, 1.82) is 0 Å². The van der Waals surface area contributed by atoms with E-state index in [1.54, 1.807) is 0 Å². The second-order valence-corrected chi connectivity index (χ2v) is 11.1. The number of anilines is 3. The van der Waals surface area contributed by atoms with E-state index in [0.29, 0.717) is 0 Å². The van der Waals surface area contributed by atoms with Crippen molar-refractivity contribution in [3.63, 3.8) is 0 Å². The molecule has 0 saturated carbocycles. The van der Waals surface area contributed by atoms with Gasteiger partial charge in [0.15, 0.2) is 0 Å². The van der Waals surface area contributed by atoms with Gasteiger partial charge >= 0.3 is 0 Å². The van der Waals surface area contributed by atoms with Gasteiger partial charge in [0.2, 0.25) is 0 Å². The van der Waals surface area contributed by atoms with Crippen LogP contribution in [0.15, 0.2) is 142 Å². The molecule has 5 aromatic carbocycles. The van der Waals surface area contributed by atoms with Crippen molar-refractivity contribution in [3.8, 4) is 33.9 Å². The Hall–Kier alpha value is -3.93. The Morgan fingerprint density at radius 2 is 0.949 bits per heavy atom. The van der Waals surface area contributed by atoms with Crippen molar-refractivity contribution < 1.29 is 0 Å². The van der Waals surface area contributed by atoms with Crippen molar-refractivity contribution in [3.05, 3.63) is 142 Å². The summed E-state index contributed by atoms with van der Waals surface area (Å²) >= 11 is 7.13. The van der Waals surface area contributed by atoms with Crippen molar-refractivity contribution in [2.75, 3.05) is 4.90 Å². The molecular weight excluding hydrogens is 610 g/mol. The minimum Gasteiger partial charge on any atom is -0.327 e. The molecule has 5 heteroatoms. The van der Waals surface area contributed by atoms with Gasteiger partial charge in [0.05, 0.1) is 11.4 Å². The van der Waals surface area contributed by atoms with Crippen LogP contribution in [0.1, 0.15) is 0 Å². The van der Waals surface area contributed by atoms with Gasteiger partial charge in [-0.3, -0.25) is 0 Å². The summed E-state index contributed by atoms with van der Waals surface area (Å²) in [6.07, 6.45) is 0. The lowest BCUT2D eigenvalue weighted by atomic mass is 10.0. The molecule has 0 aliphatic heterocycles. The molecule has 0 N–H and O–H groups in total. The molecule has 0 radical (unpaired) electrons. The molecule has 1 heterocycles. The molecular formula is C34H25Br2N3. The molecule has 0 spiro atoms. The smallest absolute Gasteiger partial charge is 0.140 e. The number of para-hydroxylation sites is 2. The molecule has 1 aromatic heterocycles. The molecule has 0 amide bonds. The second-order valence-electron chi connectivity index (χ2n) is 9.26. The van der Waals surface area contributed by atoms with Crippen LogP contribution < -0.4 is 4.90 Å². The van der Waals surface area contributed by atoms with Crippen LogP contribution in [0.2, 0.25) is 0 Å². The van der Waals surface area contributed by atoms with E-state index >= 15 is 0 Å². The molecule has 0 aliphatic carbocycles. The van der Waals surface area contributed by atoms with Crippen LogP contribution in [0.4, 0.5) is 17.1 Å². The van der Waals surface area contributed by atoms with Gasteiger partial charge in [0.25, 0.3) is 0 Å². The Balaban J connectivity index is 1.45. The summed E-state index contributed by atoms with van der Waals surface area (Å²) in [5.41, 5.74) is 8.62. The molecule has 0 saturated heterocycles. The molecule has 3 nitrogen and oxygen atoms in total. The fourth-order valence-corrected chi connectivity index (χ4v) is 5.39. The fraction of sp³-hybridized carbons (Fsp3) is 0.0294. The Labute approximate surface area is 245 Å². The van der Waals surface area contributed by atoms with Gasteiger partial charge in [0, 0.05) is 49.7 Å². The summed E-state index contributed by atoms with van der Waals surface area (Å²) in [4.78, 5) is 7.46. The van der Waals surface area contributed by atoms with E-state index in [1.165, 1.54) is 0 Å². The lowest BCUT2D eigenvalue weighted by Gasteiger charge is -2.25. The van der Waals surface area contributed by atoms with Crippen LogP contribution in [0, 0.1) is 0 Å². The summed E-state index contributed by atoms with van der Waals surface area (Å²) in [5.74, 6) is 0.920. The van der Waals surface area contributed by atoms with Gasteiger partial charge in [-0.05, 0) is 72.8 Å². The van der Waals surface area contributed by atoms with Gasteiger partial charge in [-0.25, -0.2) is 4.98 Å². The Kier molecular flexibility index (Phi) is 7.18. The van der Waals surface area contributed by atoms with Crippen molar-refractivity contribution in [2.24, 2.45) is 7.05 Å². The number of nitrogens with zero attached hydrogens (tertiary/aromatic N) is 3. The second kappa shape index (κ2) is 11.0. The topological polar surface area (TPSA) is 21.1 Å². The highest BCUT2D eigenvalue weighted by atomic mass is 79.9. The largest absolute Gasteiger partial charge is 0.327 e. The van der Waals surface area contributed by atoms with E-state index < -0.39 is 0 Å². The van der Waals surface area contributed by atoms with Gasteiger partial charge < -0.3 is 9.47 Å². The highest BCUT2D eigenvalue weighted by molar-refractivity contribution is 9.10. The lowest BCUT2D eigenvalue weighted by Crippen LogP contribution is -2.09. The van der Waals surface area contributed by atoms with E-state index in [-0.39, 0.29) is 0 Å². The number of aromatic nitrogens is 2. The van der Waals surface area contributed by atoms with Crippen molar-refractivity contribution in [1.82, 2.24) is 9.55 Å². The summed E-state index contributed by atoms with van der Waals surface area (Å²) < 4.78 is 4.29. The van der Waals surface area contributed by atoms with E-state index in [0.717, 1.165) is 59.9 Å². The maximum absolute atomic E-state index is 5.19. The first-order valence-corrected chi connectivity index (χ1v) is 14.3. The highest BCUT2D eigenvalue weighted by Gasteiger charge is 2.20. The molecule has 0 atom stereocenters. The number of rotatable bonds is 6. The number of hydrogen-bond donors (Lipinski definition) is 0. The average molecular weight is 635 g/mol. The SMILES string of the molecule is Cn1c(-c2ccc(N(c3ccccc3)c3ccccc3)cc2)nc(-c2ccc(Br)cc2)c1-c1ccc(Br)cc1. The Morgan fingerprint density at radius 1 is 0.513 bits per heavy atom. The summed E-state index contributed by atoms with van der Waals surface area (Å²) in [6.45, 7) is 0. The standard InChI is InChI=1S/C34H25Br2N3/c1-38-33(25-14-20-28(36)21-15-25)32(24-12-18-27(35)19-13-24)37-34(38)26-16-22-31(23-17-26)39(29-8-4-2-5-9-29)30-10-6-3-7-11-30/h2-23H,1H3. The zero-order valence-electron chi connectivity index (χ0n) is 21.3. The maximum atomic E-state index is 5.19. The predicted octanol–water partition coefficient (Wildman–Crippen LogP) is 10.4. The summed E-state index contributed by atoms with van der Waals surface area (Å²) in [5, 5.41) is 0. The van der Waals surface area contributed by atoms with Crippen molar-refractivity contribution >= 4 is 48.9 Å². The van der Waals surface area contributed by atoms with E-state index in [1.807, 2.05) is 12.1 Å². The molecule has 0 fully saturated rings. The third-order valence-corrected chi connectivity index (χ3v) is 7.80. The number of benzene rings is 5. The van der Waals surface area contributed by atoms with E-state index in [2.05, 4.69) is 170 Å². The van der Waals surface area contributed by atoms with Crippen LogP contribution in [-0.4, -0.2) is 9.55 Å². The van der Waals surface area contributed by atoms with Gasteiger partial charge in [-0.15, -0.1) is 0 Å². The van der Waals surface area contributed by atoms with Crippen LogP contribution in [0.5, 0.6) is 0 Å². The normalized spacial score (nSPS) is 10.9. The molecule has 0 aliphatic rings. The summed E-state index contributed by atoms with van der Waals surface area (Å²) in [7, 11) is 2.09. The molecule has 0 bridgehead atoms. The lowest BCUT2D eigenvalue weighted by molar-refractivity contribution is 0.933. The number of halogens is 2. The predicted molar refractivity (Wildman–Crippen MR) is 170 cm³/mol. The van der Waals surface area contributed by atoms with E-state index in [9.17, 15) is 0 Å². The van der Waals surface area contributed by atoms with Crippen LogP contribution in [-0.2, 0) is 7.05 Å². The minimum atomic E-state index is 0.920. The fourth-order valence-electron chi connectivity index (χ4n) is 4.86. The molecule has 6 rings (SSSR count). The van der Waals surface area contributed by atoms with Crippen LogP contribution in [0.3, 0.4) is 0 Å². The molecule has 190 valence electrons. The first kappa shape index (κ1) is 25.4. The molecule has 39 heavy (non-hydrogen) atoms. The van der Waals surface area contributed by atoms with Crippen LogP contribution in [0.25, 0.3) is 33.9 Å².